The molecule has 2 aromatic carbocycles. The molecule has 124 valence electrons. The Morgan fingerprint density at radius 1 is 1.12 bits per heavy atom. The molecular formula is C15H14N4O5. The molecular weight excluding hydrogens is 316 g/mol. The molecule has 0 heterocycles. The van der Waals surface area contributed by atoms with Crippen LogP contribution in [0.25, 0.3) is 0 Å². The van der Waals surface area contributed by atoms with Crippen molar-refractivity contribution in [3.05, 3.63) is 74.3 Å². The molecule has 9 nitrogen and oxygen atoms in total. The summed E-state index contributed by atoms with van der Waals surface area (Å²) in [5.74, 6) is 0. The summed E-state index contributed by atoms with van der Waals surface area (Å²) in [6, 6.07) is 12.5. The number of anilines is 1. The van der Waals surface area contributed by atoms with Crippen molar-refractivity contribution in [2.45, 2.75) is 0 Å². The Kier molecular flexibility index (Phi) is 5.53. The monoisotopic (exact) mass is 330 g/mol. The number of rotatable bonds is 7. The van der Waals surface area contributed by atoms with Crippen molar-refractivity contribution < 1.29 is 14.6 Å². The lowest BCUT2D eigenvalue weighted by Gasteiger charge is -2.07. The van der Waals surface area contributed by atoms with Gasteiger partial charge < -0.3 is 4.74 Å². The first kappa shape index (κ1) is 17.0. The Labute approximate surface area is 136 Å². The Bertz CT molecular complexity index is 777. The maximum Gasteiger partial charge on any atom is 0.301 e. The fourth-order valence-corrected chi connectivity index (χ4v) is 1.95. The van der Waals surface area contributed by atoms with Crippen molar-refractivity contribution in [2.24, 2.45) is 5.10 Å². The van der Waals surface area contributed by atoms with Gasteiger partial charge in [-0.3, -0.25) is 25.7 Å². The lowest BCUT2D eigenvalue weighted by molar-refractivity contribution is -0.393. The predicted octanol–water partition coefficient (Wildman–Crippen LogP) is 2.97. The smallest absolute Gasteiger partial charge is 0.301 e. The molecule has 0 aliphatic rings. The molecule has 1 N–H and O–H groups in total. The average molecular weight is 330 g/mol. The largest absolute Gasteiger partial charge is 0.378 e. The van der Waals surface area contributed by atoms with Crippen LogP contribution in [0.2, 0.25) is 0 Å². The van der Waals surface area contributed by atoms with Crippen molar-refractivity contribution in [1.82, 2.24) is 0 Å². The Morgan fingerprint density at radius 2 is 1.83 bits per heavy atom. The van der Waals surface area contributed by atoms with E-state index in [4.69, 9.17) is 4.74 Å². The zero-order valence-corrected chi connectivity index (χ0v) is 12.7. The van der Waals surface area contributed by atoms with Crippen LogP contribution in [0.5, 0.6) is 0 Å². The number of ether oxygens (including phenoxy) is 1. The summed E-state index contributed by atoms with van der Waals surface area (Å²) in [5.41, 5.74) is 3.16. The zero-order valence-electron chi connectivity index (χ0n) is 12.7. The highest BCUT2D eigenvalue weighted by Gasteiger charge is 2.19. The van der Waals surface area contributed by atoms with Crippen LogP contribution in [0.15, 0.2) is 53.6 Å². The fourth-order valence-electron chi connectivity index (χ4n) is 1.95. The third-order valence-corrected chi connectivity index (χ3v) is 3.09. The fraction of sp³-hybridized carbons (Fsp3) is 0.133. The highest BCUT2D eigenvalue weighted by molar-refractivity contribution is 6.02. The van der Waals surface area contributed by atoms with E-state index in [1.807, 2.05) is 30.3 Å². The number of nitro groups is 2. The van der Waals surface area contributed by atoms with Gasteiger partial charge in [-0.2, -0.15) is 5.10 Å². The van der Waals surface area contributed by atoms with Gasteiger partial charge in [0.15, 0.2) is 0 Å². The van der Waals surface area contributed by atoms with Gasteiger partial charge in [-0.15, -0.1) is 0 Å². The van der Waals surface area contributed by atoms with Gasteiger partial charge in [0.25, 0.3) is 5.69 Å². The molecule has 0 fully saturated rings. The molecule has 24 heavy (non-hydrogen) atoms. The van der Waals surface area contributed by atoms with Gasteiger partial charge in [-0.25, -0.2) is 0 Å². The van der Waals surface area contributed by atoms with E-state index in [0.717, 1.165) is 11.6 Å². The number of hydrazone groups is 1. The van der Waals surface area contributed by atoms with Crippen LogP contribution < -0.4 is 5.43 Å². The van der Waals surface area contributed by atoms with Gasteiger partial charge in [0.05, 0.1) is 28.2 Å². The lowest BCUT2D eigenvalue weighted by Crippen LogP contribution is -2.11. The first-order valence-corrected chi connectivity index (χ1v) is 6.82. The van der Waals surface area contributed by atoms with Crippen LogP contribution in [0, 0.1) is 20.2 Å². The van der Waals surface area contributed by atoms with Crippen LogP contribution in [0.4, 0.5) is 17.1 Å². The third kappa shape index (κ3) is 4.11. The van der Waals surface area contributed by atoms with E-state index < -0.39 is 15.5 Å². The number of non-ortho nitro benzene ring substituents is 1. The van der Waals surface area contributed by atoms with Crippen LogP contribution >= 0.6 is 0 Å². The molecule has 0 saturated heterocycles. The SMILES string of the molecule is COC/C(=N/Nc1ccc([N+](=O)[O-])cc1[N+](=O)[O-])c1ccccc1. The van der Waals surface area contributed by atoms with Gasteiger partial charge >= 0.3 is 5.69 Å². The number of nitro benzene ring substituents is 2. The first-order chi connectivity index (χ1) is 11.5. The van der Waals surface area contributed by atoms with Crippen molar-refractivity contribution >= 4 is 22.8 Å². The van der Waals surface area contributed by atoms with E-state index in [1.54, 1.807) is 0 Å². The summed E-state index contributed by atoms with van der Waals surface area (Å²) in [6.45, 7) is 0.192. The van der Waals surface area contributed by atoms with Crippen molar-refractivity contribution in [3.8, 4) is 0 Å². The molecule has 0 unspecified atom stereocenters. The van der Waals surface area contributed by atoms with Gasteiger partial charge in [-0.1, -0.05) is 30.3 Å². The van der Waals surface area contributed by atoms with E-state index in [9.17, 15) is 20.2 Å². The molecule has 0 aliphatic heterocycles. The summed E-state index contributed by atoms with van der Waals surface area (Å²) >= 11 is 0. The molecule has 2 rings (SSSR count). The summed E-state index contributed by atoms with van der Waals surface area (Å²) in [7, 11) is 1.51. The minimum absolute atomic E-state index is 0.0511. The first-order valence-electron chi connectivity index (χ1n) is 6.82. The van der Waals surface area contributed by atoms with Crippen LogP contribution in [-0.4, -0.2) is 29.3 Å². The summed E-state index contributed by atoms with van der Waals surface area (Å²) in [4.78, 5) is 20.4. The standard InChI is InChI=1S/C15H14N4O5/c1-24-10-14(11-5-3-2-4-6-11)17-16-13-8-7-12(18(20)21)9-15(13)19(22)23/h2-9,16H,10H2,1H3/b17-14-. The minimum atomic E-state index is -0.705. The predicted molar refractivity (Wildman–Crippen MR) is 88.2 cm³/mol. The number of nitrogens with zero attached hydrogens (tertiary/aromatic N) is 3. The van der Waals surface area contributed by atoms with Crippen LogP contribution in [0.3, 0.4) is 0 Å². The number of methoxy groups -OCH3 is 1. The lowest BCUT2D eigenvalue weighted by atomic mass is 10.1. The maximum absolute atomic E-state index is 11.1. The Morgan fingerprint density at radius 3 is 2.42 bits per heavy atom. The van der Waals surface area contributed by atoms with Crippen LogP contribution in [0.1, 0.15) is 5.56 Å². The van der Waals surface area contributed by atoms with Gasteiger partial charge in [0.2, 0.25) is 0 Å². The summed E-state index contributed by atoms with van der Waals surface area (Å²) < 4.78 is 5.08. The van der Waals surface area contributed by atoms with E-state index in [0.29, 0.717) is 5.71 Å². The van der Waals surface area contributed by atoms with Crippen molar-refractivity contribution in [1.29, 1.82) is 0 Å². The topological polar surface area (TPSA) is 120 Å². The quantitative estimate of drug-likeness (QED) is 0.473. The van der Waals surface area contributed by atoms with E-state index in [-0.39, 0.29) is 18.0 Å². The molecule has 0 amide bonds. The average Bonchev–Trinajstić information content (AvgIpc) is 2.59. The maximum atomic E-state index is 11.1. The van der Waals surface area contributed by atoms with Crippen LogP contribution in [-0.2, 0) is 4.74 Å². The van der Waals surface area contributed by atoms with Crippen molar-refractivity contribution in [3.63, 3.8) is 0 Å². The third-order valence-electron chi connectivity index (χ3n) is 3.09. The van der Waals surface area contributed by atoms with Gasteiger partial charge in [-0.05, 0) is 6.07 Å². The summed E-state index contributed by atoms with van der Waals surface area (Å²) in [6.07, 6.45) is 0. The van der Waals surface area contributed by atoms with Gasteiger partial charge in [0.1, 0.15) is 5.69 Å². The van der Waals surface area contributed by atoms with E-state index >= 15 is 0 Å². The minimum Gasteiger partial charge on any atom is -0.378 e. The highest BCUT2D eigenvalue weighted by Crippen LogP contribution is 2.29. The molecule has 0 atom stereocenters. The zero-order chi connectivity index (χ0) is 17.5. The second-order valence-electron chi connectivity index (χ2n) is 4.69. The summed E-state index contributed by atoms with van der Waals surface area (Å²) in [5, 5.41) is 26.0. The number of nitrogens with one attached hydrogen (secondary N) is 1. The molecule has 2 aromatic rings. The Balaban J connectivity index is 2.34. The molecule has 0 bridgehead atoms. The number of hydrogen-bond donors (Lipinski definition) is 1. The number of benzene rings is 2. The second kappa shape index (κ2) is 7.79. The molecule has 0 spiro atoms. The highest BCUT2D eigenvalue weighted by atomic mass is 16.6. The van der Waals surface area contributed by atoms with Gasteiger partial charge in [0, 0.05) is 18.7 Å². The number of hydrogen-bond acceptors (Lipinski definition) is 7. The second-order valence-corrected chi connectivity index (χ2v) is 4.69. The molecule has 0 aliphatic carbocycles. The van der Waals surface area contributed by atoms with E-state index in [2.05, 4.69) is 10.5 Å². The van der Waals surface area contributed by atoms with E-state index in [1.165, 1.54) is 19.2 Å². The molecule has 0 saturated carbocycles. The Hall–Kier alpha value is -3.33. The normalized spacial score (nSPS) is 11.1. The molecule has 9 heteroatoms. The molecule has 0 radical (unpaired) electrons. The molecule has 0 aromatic heterocycles. The van der Waals surface area contributed by atoms with Crippen molar-refractivity contribution in [2.75, 3.05) is 19.1 Å².